The van der Waals surface area contributed by atoms with Gasteiger partial charge in [-0.25, -0.2) is 8.42 Å². The Morgan fingerprint density at radius 2 is 1.56 bits per heavy atom. The lowest BCUT2D eigenvalue weighted by Gasteiger charge is -2.32. The zero-order valence-corrected chi connectivity index (χ0v) is 25.8. The maximum atomic E-state index is 13.9. The number of halogens is 2. The van der Waals surface area contributed by atoms with E-state index in [2.05, 4.69) is 21.2 Å². The molecule has 1 unspecified atom stereocenters. The van der Waals surface area contributed by atoms with Gasteiger partial charge in [0.15, 0.2) is 0 Å². The van der Waals surface area contributed by atoms with Crippen molar-refractivity contribution in [1.29, 1.82) is 0 Å². The predicted octanol–water partition coefficient (Wildman–Crippen LogP) is 5.86. The molecule has 0 aromatic heterocycles. The van der Waals surface area contributed by atoms with Crippen LogP contribution in [0.2, 0.25) is 5.02 Å². The van der Waals surface area contributed by atoms with Gasteiger partial charge >= 0.3 is 0 Å². The van der Waals surface area contributed by atoms with E-state index in [1.54, 1.807) is 44.2 Å². The molecule has 3 rings (SSSR count). The minimum Gasteiger partial charge on any atom is -0.352 e. The molecule has 3 aromatic carbocycles. The van der Waals surface area contributed by atoms with Crippen LogP contribution in [0.4, 0.5) is 5.69 Å². The first-order valence-electron chi connectivity index (χ1n) is 12.5. The lowest BCUT2D eigenvalue weighted by molar-refractivity contribution is -0.139. The predicted molar refractivity (Wildman–Crippen MR) is 159 cm³/mol. The van der Waals surface area contributed by atoms with Crippen molar-refractivity contribution in [2.45, 2.75) is 58.1 Å². The molecule has 1 atom stereocenters. The fourth-order valence-electron chi connectivity index (χ4n) is 4.02. The summed E-state index contributed by atoms with van der Waals surface area (Å²) in [4.78, 5) is 28.4. The third-order valence-electron chi connectivity index (χ3n) is 6.18. The number of amides is 2. The van der Waals surface area contributed by atoms with Crippen LogP contribution < -0.4 is 9.62 Å². The zero-order valence-electron chi connectivity index (χ0n) is 22.6. The van der Waals surface area contributed by atoms with E-state index < -0.39 is 28.5 Å². The fraction of sp³-hybridized carbons (Fsp3) is 0.310. The Hall–Kier alpha value is -2.88. The first kappa shape index (κ1) is 30.7. The maximum Gasteiger partial charge on any atom is 0.264 e. The van der Waals surface area contributed by atoms with Crippen molar-refractivity contribution >= 4 is 55.1 Å². The summed E-state index contributed by atoms with van der Waals surface area (Å²) in [5, 5.41) is 3.30. The molecule has 0 aliphatic rings. The van der Waals surface area contributed by atoms with Crippen LogP contribution in [-0.4, -0.2) is 43.8 Å². The number of hydrogen-bond donors (Lipinski definition) is 1. The Morgan fingerprint density at radius 3 is 2.13 bits per heavy atom. The van der Waals surface area contributed by atoms with E-state index in [4.69, 9.17) is 11.6 Å². The Kier molecular flexibility index (Phi) is 10.2. The minimum absolute atomic E-state index is 0.0558. The number of nitrogens with one attached hydrogen (secondary N) is 1. The van der Waals surface area contributed by atoms with E-state index in [-0.39, 0.29) is 23.4 Å². The quantitative estimate of drug-likeness (QED) is 0.303. The van der Waals surface area contributed by atoms with Crippen LogP contribution in [0.15, 0.2) is 76.1 Å². The second kappa shape index (κ2) is 13.0. The molecule has 0 radical (unpaired) electrons. The first-order valence-corrected chi connectivity index (χ1v) is 15.1. The Bertz CT molecular complexity index is 1430. The maximum absolute atomic E-state index is 13.9. The van der Waals surface area contributed by atoms with Crippen LogP contribution in [-0.2, 0) is 26.2 Å². The number of sulfonamides is 1. The lowest BCUT2D eigenvalue weighted by Crippen LogP contribution is -2.52. The molecule has 0 aliphatic carbocycles. The molecule has 208 valence electrons. The SMILES string of the molecule is Cc1ccc(S(=O)(=O)N(CC(=O)N(Cc2ccc(Br)cc2)C(C)C(=O)NC(C)C)c2ccc(Cl)cc2C)cc1. The van der Waals surface area contributed by atoms with E-state index in [0.29, 0.717) is 16.3 Å². The summed E-state index contributed by atoms with van der Waals surface area (Å²) in [5.41, 5.74) is 2.63. The molecule has 2 amide bonds. The van der Waals surface area contributed by atoms with Gasteiger partial charge in [0.25, 0.3) is 10.0 Å². The summed E-state index contributed by atoms with van der Waals surface area (Å²) in [5.74, 6) is -0.847. The minimum atomic E-state index is -4.14. The Morgan fingerprint density at radius 1 is 0.949 bits per heavy atom. The number of nitrogens with zero attached hydrogens (tertiary/aromatic N) is 2. The second-order valence-corrected chi connectivity index (χ2v) is 13.0. The third-order valence-corrected chi connectivity index (χ3v) is 8.72. The molecule has 0 bridgehead atoms. The monoisotopic (exact) mass is 633 g/mol. The topological polar surface area (TPSA) is 86.8 Å². The number of hydrogen-bond acceptors (Lipinski definition) is 4. The summed E-state index contributed by atoms with van der Waals surface area (Å²) < 4.78 is 29.8. The molecule has 39 heavy (non-hydrogen) atoms. The molecule has 3 aromatic rings. The van der Waals surface area contributed by atoms with E-state index in [1.807, 2.05) is 45.0 Å². The lowest BCUT2D eigenvalue weighted by atomic mass is 10.1. The van der Waals surface area contributed by atoms with E-state index in [1.165, 1.54) is 17.0 Å². The van der Waals surface area contributed by atoms with Gasteiger partial charge in [0.05, 0.1) is 10.6 Å². The fourth-order valence-corrected chi connectivity index (χ4v) is 5.99. The average molecular weight is 635 g/mol. The Labute approximate surface area is 244 Å². The van der Waals surface area contributed by atoms with E-state index in [9.17, 15) is 18.0 Å². The van der Waals surface area contributed by atoms with Crippen LogP contribution in [0, 0.1) is 13.8 Å². The largest absolute Gasteiger partial charge is 0.352 e. The molecule has 0 aliphatic heterocycles. The van der Waals surface area contributed by atoms with Crippen molar-refractivity contribution in [3.8, 4) is 0 Å². The number of carbonyl (C=O) groups excluding carboxylic acids is 2. The van der Waals surface area contributed by atoms with Gasteiger partial charge < -0.3 is 10.2 Å². The molecule has 0 fully saturated rings. The van der Waals surface area contributed by atoms with Crippen LogP contribution in [0.1, 0.15) is 37.5 Å². The standard InChI is InChI=1S/C29H33BrClN3O4S/c1-19(2)32-29(36)22(5)33(17-23-8-10-24(30)11-9-23)28(35)18-34(27-15-12-25(31)16-21(27)4)39(37,38)26-13-6-20(3)7-14-26/h6-16,19,22H,17-18H2,1-5H3,(H,32,36). The van der Waals surface area contributed by atoms with Gasteiger partial charge in [0.1, 0.15) is 12.6 Å². The number of aryl methyl sites for hydroxylation is 2. The summed E-state index contributed by atoms with van der Waals surface area (Å²) in [6.07, 6.45) is 0. The van der Waals surface area contributed by atoms with Gasteiger partial charge in [-0.2, -0.15) is 0 Å². The van der Waals surface area contributed by atoms with Crippen molar-refractivity contribution in [2.75, 3.05) is 10.8 Å². The van der Waals surface area contributed by atoms with Gasteiger partial charge in [0, 0.05) is 22.1 Å². The zero-order chi connectivity index (χ0) is 28.9. The van der Waals surface area contributed by atoms with E-state index >= 15 is 0 Å². The average Bonchev–Trinajstić information content (AvgIpc) is 2.86. The second-order valence-electron chi connectivity index (χ2n) is 9.74. The third kappa shape index (κ3) is 7.84. The summed E-state index contributed by atoms with van der Waals surface area (Å²) in [7, 11) is -4.14. The van der Waals surface area contributed by atoms with Gasteiger partial charge in [0.2, 0.25) is 11.8 Å². The number of carbonyl (C=O) groups is 2. The smallest absolute Gasteiger partial charge is 0.264 e. The van der Waals surface area contributed by atoms with E-state index in [0.717, 1.165) is 19.9 Å². The molecular formula is C29H33BrClN3O4S. The highest BCUT2D eigenvalue weighted by Crippen LogP contribution is 2.29. The number of rotatable bonds is 10. The highest BCUT2D eigenvalue weighted by Gasteiger charge is 2.33. The van der Waals surface area contributed by atoms with Crippen molar-refractivity contribution < 1.29 is 18.0 Å². The number of benzene rings is 3. The van der Waals surface area contributed by atoms with Crippen molar-refractivity contribution in [2.24, 2.45) is 0 Å². The first-order chi connectivity index (χ1) is 18.3. The molecule has 0 saturated carbocycles. The molecule has 0 spiro atoms. The van der Waals surface area contributed by atoms with Crippen molar-refractivity contribution in [3.63, 3.8) is 0 Å². The summed E-state index contributed by atoms with van der Waals surface area (Å²) >= 11 is 9.57. The number of anilines is 1. The summed E-state index contributed by atoms with van der Waals surface area (Å²) in [6.45, 7) is 8.54. The highest BCUT2D eigenvalue weighted by atomic mass is 79.9. The van der Waals surface area contributed by atoms with Crippen LogP contribution in [0.3, 0.4) is 0 Å². The van der Waals surface area contributed by atoms with Crippen molar-refractivity contribution in [1.82, 2.24) is 10.2 Å². The van der Waals surface area contributed by atoms with Gasteiger partial charge in [-0.3, -0.25) is 13.9 Å². The van der Waals surface area contributed by atoms with Gasteiger partial charge in [-0.15, -0.1) is 0 Å². The molecule has 10 heteroatoms. The molecule has 1 N–H and O–H groups in total. The highest BCUT2D eigenvalue weighted by molar-refractivity contribution is 9.10. The van der Waals surface area contributed by atoms with Crippen LogP contribution in [0.5, 0.6) is 0 Å². The summed E-state index contributed by atoms with van der Waals surface area (Å²) in [6, 6.07) is 17.7. The molecule has 0 heterocycles. The van der Waals surface area contributed by atoms with Crippen LogP contribution in [0.25, 0.3) is 0 Å². The molecular weight excluding hydrogens is 602 g/mol. The molecule has 0 saturated heterocycles. The Balaban J connectivity index is 2.06. The van der Waals surface area contributed by atoms with Gasteiger partial charge in [-0.05, 0) is 88.2 Å². The normalized spacial score (nSPS) is 12.2. The van der Waals surface area contributed by atoms with Gasteiger partial charge in [-0.1, -0.05) is 57.4 Å². The van der Waals surface area contributed by atoms with Crippen molar-refractivity contribution in [3.05, 3.63) is 92.9 Å². The molecule has 7 nitrogen and oxygen atoms in total. The van der Waals surface area contributed by atoms with Crippen LogP contribution >= 0.6 is 27.5 Å².